The largest absolute Gasteiger partial charge is 0.497 e. The molecule has 0 bridgehead atoms. The maximum atomic E-state index is 12.8. The van der Waals surface area contributed by atoms with E-state index in [4.69, 9.17) is 23.7 Å². The number of aliphatic hydroxyl groups excluding tert-OH is 1. The van der Waals surface area contributed by atoms with Crippen LogP contribution in [0, 0.1) is 0 Å². The second kappa shape index (κ2) is 9.69. The van der Waals surface area contributed by atoms with E-state index in [2.05, 4.69) is 0 Å². The molecule has 1 aliphatic rings. The topological polar surface area (TPSA) is 86.7 Å². The van der Waals surface area contributed by atoms with Crippen molar-refractivity contribution in [2.24, 2.45) is 0 Å². The van der Waals surface area contributed by atoms with Gasteiger partial charge in [-0.1, -0.05) is 12.1 Å². The zero-order chi connectivity index (χ0) is 18.2. The number of carbonyl (C=O) groups is 1. The van der Waals surface area contributed by atoms with Gasteiger partial charge in [-0.2, -0.15) is 0 Å². The first kappa shape index (κ1) is 19.6. The van der Waals surface area contributed by atoms with E-state index in [0.717, 1.165) is 11.3 Å². The Bertz CT molecular complexity index is 536. The van der Waals surface area contributed by atoms with E-state index in [1.165, 1.54) is 14.2 Å². The molecule has 1 heterocycles. The zero-order valence-electron chi connectivity index (χ0n) is 14.7. The third kappa shape index (κ3) is 4.68. The number of nitrogens with zero attached hydrogens (tertiary/aromatic N) is 1. The molecule has 25 heavy (non-hydrogen) atoms. The van der Waals surface area contributed by atoms with Gasteiger partial charge in [0, 0.05) is 20.8 Å². The summed E-state index contributed by atoms with van der Waals surface area (Å²) in [6.45, 7) is 0.0340. The lowest BCUT2D eigenvalue weighted by molar-refractivity contribution is -0.162. The molecular formula is C17H25NO7. The second-order valence-electron chi connectivity index (χ2n) is 5.60. The third-order valence-corrected chi connectivity index (χ3v) is 4.05. The molecule has 1 fully saturated rings. The quantitative estimate of drug-likeness (QED) is 0.607. The number of amides is 1. The number of rotatable bonds is 10. The van der Waals surface area contributed by atoms with Gasteiger partial charge in [0.25, 0.3) is 5.91 Å². The fourth-order valence-electron chi connectivity index (χ4n) is 2.82. The number of aliphatic hydroxyl groups is 1. The minimum absolute atomic E-state index is 0.00232. The summed E-state index contributed by atoms with van der Waals surface area (Å²) in [6, 6.07) is 6.85. The molecule has 1 N–H and O–H groups in total. The number of ether oxygens (including phenoxy) is 5. The van der Waals surface area contributed by atoms with Crippen molar-refractivity contribution in [3.8, 4) is 5.75 Å². The molecule has 2 rings (SSSR count). The van der Waals surface area contributed by atoms with Gasteiger partial charge in [-0.3, -0.25) is 4.79 Å². The van der Waals surface area contributed by atoms with Gasteiger partial charge >= 0.3 is 0 Å². The Hall–Kier alpha value is -1.71. The van der Waals surface area contributed by atoms with Gasteiger partial charge in [0.05, 0.1) is 19.8 Å². The van der Waals surface area contributed by atoms with Crippen LogP contribution in [-0.4, -0.2) is 75.7 Å². The SMILES string of the molecule is COCO[C@H]1[C@H](OCOC)C(=O)N(Cc2ccc(OC)cc2)[C@H]1CO. The van der Waals surface area contributed by atoms with Crippen molar-refractivity contribution in [3.05, 3.63) is 29.8 Å². The van der Waals surface area contributed by atoms with E-state index in [0.29, 0.717) is 6.54 Å². The normalized spacial score (nSPS) is 23.3. The number of hydrogen-bond acceptors (Lipinski definition) is 7. The molecule has 0 saturated carbocycles. The molecule has 8 heteroatoms. The Labute approximate surface area is 147 Å². The summed E-state index contributed by atoms with van der Waals surface area (Å²) in [6.07, 6.45) is -1.50. The first-order valence-electron chi connectivity index (χ1n) is 7.91. The zero-order valence-corrected chi connectivity index (χ0v) is 14.7. The van der Waals surface area contributed by atoms with Crippen LogP contribution in [0.4, 0.5) is 0 Å². The highest BCUT2D eigenvalue weighted by Crippen LogP contribution is 2.27. The van der Waals surface area contributed by atoms with Crippen LogP contribution in [0.3, 0.4) is 0 Å². The van der Waals surface area contributed by atoms with Crippen molar-refractivity contribution < 1.29 is 33.6 Å². The average Bonchev–Trinajstić information content (AvgIpc) is 2.89. The summed E-state index contributed by atoms with van der Waals surface area (Å²) < 4.78 is 26.0. The van der Waals surface area contributed by atoms with Crippen LogP contribution < -0.4 is 4.74 Å². The molecule has 140 valence electrons. The Kier molecular flexibility index (Phi) is 7.60. The lowest BCUT2D eigenvalue weighted by Gasteiger charge is -2.26. The molecule has 3 atom stereocenters. The fraction of sp³-hybridized carbons (Fsp3) is 0.588. The molecule has 0 aliphatic carbocycles. The van der Waals surface area contributed by atoms with Crippen molar-refractivity contribution in [3.63, 3.8) is 0 Å². The Balaban J connectivity index is 2.17. The van der Waals surface area contributed by atoms with Crippen LogP contribution in [0.15, 0.2) is 24.3 Å². The number of carbonyl (C=O) groups excluding carboxylic acids is 1. The molecule has 0 aromatic heterocycles. The van der Waals surface area contributed by atoms with Crippen LogP contribution >= 0.6 is 0 Å². The molecule has 0 unspecified atom stereocenters. The predicted molar refractivity (Wildman–Crippen MR) is 87.9 cm³/mol. The highest BCUT2D eigenvalue weighted by Gasteiger charge is 2.49. The van der Waals surface area contributed by atoms with E-state index in [1.54, 1.807) is 12.0 Å². The Morgan fingerprint density at radius 2 is 1.68 bits per heavy atom. The highest BCUT2D eigenvalue weighted by atomic mass is 16.7. The van der Waals surface area contributed by atoms with Crippen LogP contribution in [0.25, 0.3) is 0 Å². The summed E-state index contributed by atoms with van der Waals surface area (Å²) in [5.41, 5.74) is 0.908. The predicted octanol–water partition coefficient (Wildman–Crippen LogP) is 0.377. The van der Waals surface area contributed by atoms with E-state index in [9.17, 15) is 9.90 Å². The Morgan fingerprint density at radius 1 is 1.04 bits per heavy atom. The average molecular weight is 355 g/mol. The molecule has 1 saturated heterocycles. The third-order valence-electron chi connectivity index (χ3n) is 4.05. The van der Waals surface area contributed by atoms with Crippen molar-refractivity contribution in [2.45, 2.75) is 24.8 Å². The van der Waals surface area contributed by atoms with E-state index >= 15 is 0 Å². The second-order valence-corrected chi connectivity index (χ2v) is 5.60. The van der Waals surface area contributed by atoms with Crippen molar-refractivity contribution in [2.75, 3.05) is 41.5 Å². The Morgan fingerprint density at radius 3 is 2.24 bits per heavy atom. The number of hydrogen-bond donors (Lipinski definition) is 1. The summed E-state index contributed by atoms with van der Waals surface area (Å²) in [5.74, 6) is 0.478. The molecule has 1 amide bonds. The smallest absolute Gasteiger partial charge is 0.255 e. The summed E-state index contributed by atoms with van der Waals surface area (Å²) in [7, 11) is 4.56. The van der Waals surface area contributed by atoms with Crippen molar-refractivity contribution in [1.82, 2.24) is 4.90 Å². The molecule has 0 spiro atoms. The van der Waals surface area contributed by atoms with Gasteiger partial charge in [-0.05, 0) is 17.7 Å². The summed E-state index contributed by atoms with van der Waals surface area (Å²) >= 11 is 0. The molecule has 1 aromatic carbocycles. The van der Waals surface area contributed by atoms with Gasteiger partial charge in [0.1, 0.15) is 25.4 Å². The van der Waals surface area contributed by atoms with E-state index in [-0.39, 0.29) is 26.1 Å². The van der Waals surface area contributed by atoms with Crippen molar-refractivity contribution in [1.29, 1.82) is 0 Å². The first-order valence-corrected chi connectivity index (χ1v) is 7.91. The fourth-order valence-corrected chi connectivity index (χ4v) is 2.82. The monoisotopic (exact) mass is 355 g/mol. The molecular weight excluding hydrogens is 330 g/mol. The van der Waals surface area contributed by atoms with Crippen LogP contribution in [-0.2, 0) is 30.3 Å². The number of methoxy groups -OCH3 is 3. The van der Waals surface area contributed by atoms with Gasteiger partial charge < -0.3 is 33.7 Å². The van der Waals surface area contributed by atoms with Crippen LogP contribution in [0.2, 0.25) is 0 Å². The van der Waals surface area contributed by atoms with Gasteiger partial charge in [-0.15, -0.1) is 0 Å². The lowest BCUT2D eigenvalue weighted by Crippen LogP contribution is -2.41. The summed E-state index contributed by atoms with van der Waals surface area (Å²) in [4.78, 5) is 14.3. The minimum atomic E-state index is -0.856. The summed E-state index contributed by atoms with van der Waals surface area (Å²) in [5, 5.41) is 9.81. The minimum Gasteiger partial charge on any atom is -0.497 e. The number of likely N-dealkylation sites (tertiary alicyclic amines) is 1. The van der Waals surface area contributed by atoms with E-state index < -0.39 is 18.2 Å². The maximum Gasteiger partial charge on any atom is 0.255 e. The van der Waals surface area contributed by atoms with E-state index in [1.807, 2.05) is 24.3 Å². The van der Waals surface area contributed by atoms with Gasteiger partial charge in [-0.25, -0.2) is 0 Å². The van der Waals surface area contributed by atoms with Crippen LogP contribution in [0.1, 0.15) is 5.56 Å². The highest BCUT2D eigenvalue weighted by molar-refractivity contribution is 5.85. The number of benzene rings is 1. The van der Waals surface area contributed by atoms with Crippen molar-refractivity contribution >= 4 is 5.91 Å². The van der Waals surface area contributed by atoms with Crippen LogP contribution in [0.5, 0.6) is 5.75 Å². The molecule has 1 aliphatic heterocycles. The molecule has 8 nitrogen and oxygen atoms in total. The standard InChI is InChI=1S/C17H25NO7/c1-21-10-24-15-14(9-19)18(17(20)16(15)25-11-22-2)8-12-4-6-13(23-3)7-5-12/h4-7,14-16,19H,8-11H2,1-3H3/t14-,15+,16-/m0/s1. The molecule has 1 aromatic rings. The lowest BCUT2D eigenvalue weighted by atomic mass is 10.1. The molecule has 0 radical (unpaired) electrons. The maximum absolute atomic E-state index is 12.8. The van der Waals surface area contributed by atoms with Gasteiger partial charge in [0.2, 0.25) is 0 Å². The first-order chi connectivity index (χ1) is 12.2. The van der Waals surface area contributed by atoms with Gasteiger partial charge in [0.15, 0.2) is 6.10 Å².